The first-order valence-electron chi connectivity index (χ1n) is 5.64. The zero-order chi connectivity index (χ0) is 12.7. The second-order valence-corrected chi connectivity index (χ2v) is 4.10. The fourth-order valence-corrected chi connectivity index (χ4v) is 1.51. The van der Waals surface area contributed by atoms with Gasteiger partial charge in [0.2, 0.25) is 5.91 Å². The Kier molecular flexibility index (Phi) is 5.43. The van der Waals surface area contributed by atoms with Gasteiger partial charge in [0.15, 0.2) is 0 Å². The van der Waals surface area contributed by atoms with Crippen molar-refractivity contribution in [3.63, 3.8) is 0 Å². The lowest BCUT2D eigenvalue weighted by Crippen LogP contribution is -2.27. The molecule has 1 atom stereocenters. The van der Waals surface area contributed by atoms with Crippen molar-refractivity contribution in [2.45, 2.75) is 20.0 Å². The fraction of sp³-hybridized carbons (Fsp3) is 0.357. The van der Waals surface area contributed by atoms with Gasteiger partial charge in [0, 0.05) is 19.7 Å². The molecule has 0 bridgehead atoms. The summed E-state index contributed by atoms with van der Waals surface area (Å²) in [4.78, 5) is 11.5. The van der Waals surface area contributed by atoms with Gasteiger partial charge in [-0.05, 0) is 19.4 Å². The average molecular weight is 233 g/mol. The van der Waals surface area contributed by atoms with Crippen LogP contribution in [0.1, 0.15) is 25.5 Å². The van der Waals surface area contributed by atoms with E-state index in [4.69, 9.17) is 4.74 Å². The topological polar surface area (TPSA) is 38.3 Å². The van der Waals surface area contributed by atoms with Crippen LogP contribution in [0, 0.1) is 0 Å². The van der Waals surface area contributed by atoms with E-state index in [0.29, 0.717) is 6.54 Å². The van der Waals surface area contributed by atoms with E-state index in [9.17, 15) is 4.79 Å². The Hall–Kier alpha value is -1.61. The number of rotatable bonds is 5. The highest BCUT2D eigenvalue weighted by Gasteiger charge is 2.10. The minimum Gasteiger partial charge on any atom is -0.375 e. The summed E-state index contributed by atoms with van der Waals surface area (Å²) in [6.07, 6.45) is 1.48. The van der Waals surface area contributed by atoms with Crippen molar-refractivity contribution in [2.75, 3.05) is 13.7 Å². The number of carbonyl (C=O) groups is 1. The van der Waals surface area contributed by atoms with E-state index in [1.54, 1.807) is 13.2 Å². The van der Waals surface area contributed by atoms with Crippen molar-refractivity contribution >= 4 is 5.91 Å². The molecule has 0 aromatic heterocycles. The molecule has 1 rings (SSSR count). The normalized spacial score (nSPS) is 11.7. The molecule has 3 nitrogen and oxygen atoms in total. The Balaban J connectivity index is 2.55. The largest absolute Gasteiger partial charge is 0.375 e. The lowest BCUT2D eigenvalue weighted by atomic mass is 10.1. The number of nitrogens with one attached hydrogen (secondary N) is 1. The van der Waals surface area contributed by atoms with E-state index in [-0.39, 0.29) is 12.0 Å². The third kappa shape index (κ3) is 4.83. The predicted molar refractivity (Wildman–Crippen MR) is 68.6 cm³/mol. The van der Waals surface area contributed by atoms with Crippen LogP contribution in [0.5, 0.6) is 0 Å². The van der Waals surface area contributed by atoms with E-state index in [1.165, 1.54) is 0 Å². The van der Waals surface area contributed by atoms with Crippen LogP contribution in [0.15, 0.2) is 42.0 Å². The van der Waals surface area contributed by atoms with Gasteiger partial charge in [0.25, 0.3) is 0 Å². The lowest BCUT2D eigenvalue weighted by Gasteiger charge is -2.15. The molecule has 0 fully saturated rings. The third-order valence-electron chi connectivity index (χ3n) is 2.34. The van der Waals surface area contributed by atoms with Gasteiger partial charge in [-0.15, -0.1) is 0 Å². The monoisotopic (exact) mass is 233 g/mol. The van der Waals surface area contributed by atoms with Crippen LogP contribution in [0.4, 0.5) is 0 Å². The van der Waals surface area contributed by atoms with Crippen molar-refractivity contribution in [3.05, 3.63) is 47.5 Å². The maximum absolute atomic E-state index is 11.5. The molecule has 0 aliphatic rings. The molecule has 92 valence electrons. The number of carbonyl (C=O) groups excluding carboxylic acids is 1. The van der Waals surface area contributed by atoms with Gasteiger partial charge in [0.05, 0.1) is 6.10 Å². The second kappa shape index (κ2) is 6.86. The number of benzene rings is 1. The molecule has 1 aromatic carbocycles. The number of ether oxygens (including phenoxy) is 1. The fourth-order valence-electron chi connectivity index (χ4n) is 1.51. The molecule has 0 aliphatic heterocycles. The molecule has 0 heterocycles. The molecule has 0 radical (unpaired) electrons. The molecule has 0 aliphatic carbocycles. The predicted octanol–water partition coefficient (Wildman–Crippen LogP) is 2.46. The summed E-state index contributed by atoms with van der Waals surface area (Å²) in [7, 11) is 1.64. The van der Waals surface area contributed by atoms with E-state index in [0.717, 1.165) is 11.1 Å². The summed E-state index contributed by atoms with van der Waals surface area (Å²) in [6.45, 7) is 4.26. The van der Waals surface area contributed by atoms with Gasteiger partial charge >= 0.3 is 0 Å². The standard InChI is InChI=1S/C14H19NO2/c1-11(2)9-14(16)15-10-13(17-3)12-7-5-4-6-8-12/h4-9,13H,10H2,1-3H3,(H,15,16). The van der Waals surface area contributed by atoms with E-state index < -0.39 is 0 Å². The SMILES string of the molecule is COC(CNC(=O)C=C(C)C)c1ccccc1. The first kappa shape index (κ1) is 13.5. The number of hydrogen-bond acceptors (Lipinski definition) is 2. The average Bonchev–Trinajstić information content (AvgIpc) is 2.30. The van der Waals surface area contributed by atoms with Crippen LogP contribution in [0.3, 0.4) is 0 Å². The lowest BCUT2D eigenvalue weighted by molar-refractivity contribution is -0.117. The molecule has 17 heavy (non-hydrogen) atoms. The molecule has 1 N–H and O–H groups in total. The summed E-state index contributed by atoms with van der Waals surface area (Å²) in [6, 6.07) is 9.85. The molecule has 1 amide bonds. The zero-order valence-electron chi connectivity index (χ0n) is 10.6. The van der Waals surface area contributed by atoms with Crippen LogP contribution >= 0.6 is 0 Å². The highest BCUT2D eigenvalue weighted by atomic mass is 16.5. The number of allylic oxidation sites excluding steroid dienone is 1. The van der Waals surface area contributed by atoms with Crippen molar-refractivity contribution in [2.24, 2.45) is 0 Å². The Labute approximate surface area is 102 Å². The van der Waals surface area contributed by atoms with Gasteiger partial charge in [-0.2, -0.15) is 0 Å². The molecule has 0 saturated carbocycles. The van der Waals surface area contributed by atoms with Crippen molar-refractivity contribution in [1.82, 2.24) is 5.32 Å². The van der Waals surface area contributed by atoms with Gasteiger partial charge in [0.1, 0.15) is 0 Å². The van der Waals surface area contributed by atoms with Gasteiger partial charge in [-0.1, -0.05) is 35.9 Å². The van der Waals surface area contributed by atoms with Gasteiger partial charge < -0.3 is 10.1 Å². The number of methoxy groups -OCH3 is 1. The van der Waals surface area contributed by atoms with Crippen LogP contribution < -0.4 is 5.32 Å². The molecule has 3 heteroatoms. The van der Waals surface area contributed by atoms with Crippen molar-refractivity contribution in [3.8, 4) is 0 Å². The van der Waals surface area contributed by atoms with Crippen LogP contribution in [0.25, 0.3) is 0 Å². The maximum Gasteiger partial charge on any atom is 0.244 e. The molecule has 0 saturated heterocycles. The Morgan fingerprint density at radius 2 is 2.00 bits per heavy atom. The second-order valence-electron chi connectivity index (χ2n) is 4.10. The van der Waals surface area contributed by atoms with Crippen LogP contribution in [-0.4, -0.2) is 19.6 Å². The third-order valence-corrected chi connectivity index (χ3v) is 2.34. The highest BCUT2D eigenvalue weighted by Crippen LogP contribution is 2.14. The smallest absolute Gasteiger partial charge is 0.244 e. The zero-order valence-corrected chi connectivity index (χ0v) is 10.6. The van der Waals surface area contributed by atoms with Crippen LogP contribution in [0.2, 0.25) is 0 Å². The van der Waals surface area contributed by atoms with Gasteiger partial charge in [-0.25, -0.2) is 0 Å². The molecular weight excluding hydrogens is 214 g/mol. The quantitative estimate of drug-likeness (QED) is 0.793. The molecular formula is C14H19NO2. The van der Waals surface area contributed by atoms with E-state index in [1.807, 2.05) is 44.2 Å². The Morgan fingerprint density at radius 1 is 1.35 bits per heavy atom. The first-order valence-corrected chi connectivity index (χ1v) is 5.64. The maximum atomic E-state index is 11.5. The molecule has 1 aromatic rings. The van der Waals surface area contributed by atoms with E-state index >= 15 is 0 Å². The summed E-state index contributed by atoms with van der Waals surface area (Å²) >= 11 is 0. The minimum absolute atomic E-state index is 0.0806. The number of hydrogen-bond donors (Lipinski definition) is 1. The van der Waals surface area contributed by atoms with Crippen LogP contribution in [-0.2, 0) is 9.53 Å². The summed E-state index contributed by atoms with van der Waals surface area (Å²) in [5, 5.41) is 2.82. The minimum atomic E-state index is -0.106. The Morgan fingerprint density at radius 3 is 2.53 bits per heavy atom. The molecule has 1 unspecified atom stereocenters. The first-order chi connectivity index (χ1) is 8.13. The number of amides is 1. The summed E-state index contributed by atoms with van der Waals surface area (Å²) in [5.74, 6) is -0.0806. The summed E-state index contributed by atoms with van der Waals surface area (Å²) < 4.78 is 5.36. The Bertz CT molecular complexity index is 380. The summed E-state index contributed by atoms with van der Waals surface area (Å²) in [5.41, 5.74) is 2.05. The van der Waals surface area contributed by atoms with Gasteiger partial charge in [-0.3, -0.25) is 4.79 Å². The highest BCUT2D eigenvalue weighted by molar-refractivity contribution is 5.88. The van der Waals surface area contributed by atoms with E-state index in [2.05, 4.69) is 5.32 Å². The van der Waals surface area contributed by atoms with Crippen molar-refractivity contribution in [1.29, 1.82) is 0 Å². The molecule has 0 spiro atoms. The van der Waals surface area contributed by atoms with Crippen molar-refractivity contribution < 1.29 is 9.53 Å².